The second kappa shape index (κ2) is 13.2. The third-order valence-corrected chi connectivity index (χ3v) is 12.9. The molecule has 0 aliphatic rings. The first-order valence-electron chi connectivity index (χ1n) is 21.0. The van der Waals surface area contributed by atoms with Crippen LogP contribution in [0.25, 0.3) is 126 Å². The Balaban J connectivity index is 0.985. The smallest absolute Gasteiger partial charge is 0.145 e. The van der Waals surface area contributed by atoms with Crippen molar-refractivity contribution in [3.63, 3.8) is 0 Å². The zero-order valence-electron chi connectivity index (χ0n) is 33.2. The molecule has 0 saturated heterocycles. The molecule has 282 valence electrons. The predicted octanol–water partition coefficient (Wildman–Crippen LogP) is 16.1. The van der Waals surface area contributed by atoms with Crippen molar-refractivity contribution in [2.75, 3.05) is 0 Å². The van der Waals surface area contributed by atoms with Gasteiger partial charge in [0.2, 0.25) is 0 Å². The number of hydrogen-bond donors (Lipinski definition) is 0. The van der Waals surface area contributed by atoms with E-state index in [0.717, 1.165) is 33.7 Å². The molecule has 1 heterocycles. The zero-order valence-corrected chi connectivity index (χ0v) is 33.2. The van der Waals surface area contributed by atoms with E-state index in [0.29, 0.717) is 0 Å². The Morgan fingerprint density at radius 1 is 0.311 bits per heavy atom. The second-order valence-electron chi connectivity index (χ2n) is 16.3. The summed E-state index contributed by atoms with van der Waals surface area (Å²) >= 11 is 0. The van der Waals surface area contributed by atoms with Crippen molar-refractivity contribution in [1.29, 1.82) is 0 Å². The molecule has 0 spiro atoms. The zero-order chi connectivity index (χ0) is 40.0. The van der Waals surface area contributed by atoms with E-state index in [2.05, 4.69) is 223 Å². The molecule has 0 fully saturated rings. The molecule has 2 nitrogen and oxygen atoms in total. The highest BCUT2D eigenvalue weighted by Crippen LogP contribution is 2.45. The average molecular weight is 773 g/mol. The number of aromatic nitrogens is 2. The summed E-state index contributed by atoms with van der Waals surface area (Å²) in [4.78, 5) is 5.48. The first-order chi connectivity index (χ1) is 30.2. The Kier molecular flexibility index (Phi) is 7.34. The van der Waals surface area contributed by atoms with E-state index in [1.54, 1.807) is 0 Å². The normalized spacial score (nSPS) is 11.9. The van der Waals surface area contributed by atoms with Gasteiger partial charge in [-0.1, -0.05) is 182 Å². The first-order valence-corrected chi connectivity index (χ1v) is 21.0. The van der Waals surface area contributed by atoms with Gasteiger partial charge >= 0.3 is 0 Å². The number of nitrogens with zero attached hydrogens (tertiary/aromatic N) is 2. The van der Waals surface area contributed by atoms with Crippen LogP contribution in [0.5, 0.6) is 0 Å². The third kappa shape index (κ3) is 5.19. The summed E-state index contributed by atoms with van der Waals surface area (Å²) in [5.41, 5.74) is 11.5. The first kappa shape index (κ1) is 33.9. The van der Waals surface area contributed by atoms with Crippen molar-refractivity contribution in [1.82, 2.24) is 9.55 Å². The molecule has 0 radical (unpaired) electrons. The molecule has 2 heteroatoms. The highest BCUT2D eigenvalue weighted by atomic mass is 15.1. The number of fused-ring (bicyclic) bond motifs is 4. The van der Waals surface area contributed by atoms with Gasteiger partial charge in [-0.15, -0.1) is 0 Å². The average Bonchev–Trinajstić information content (AvgIpc) is 3.71. The van der Waals surface area contributed by atoms with Crippen LogP contribution in [0.2, 0.25) is 0 Å². The summed E-state index contributed by atoms with van der Waals surface area (Å²) in [7, 11) is 0. The van der Waals surface area contributed by atoms with Crippen LogP contribution in [0.1, 0.15) is 0 Å². The molecular weight excluding hydrogens is 737 g/mol. The fraction of sp³-hybridized carbons (Fsp3) is 0. The van der Waals surface area contributed by atoms with Crippen LogP contribution < -0.4 is 0 Å². The topological polar surface area (TPSA) is 17.8 Å². The summed E-state index contributed by atoms with van der Waals surface area (Å²) in [5, 5.41) is 15.2. The van der Waals surface area contributed by atoms with Crippen molar-refractivity contribution in [2.45, 2.75) is 0 Å². The van der Waals surface area contributed by atoms with Crippen LogP contribution in [0.4, 0.5) is 0 Å². The van der Waals surface area contributed by atoms with Crippen LogP contribution in [0.15, 0.2) is 218 Å². The largest absolute Gasteiger partial charge is 0.292 e. The van der Waals surface area contributed by atoms with Crippen molar-refractivity contribution in [3.05, 3.63) is 218 Å². The highest BCUT2D eigenvalue weighted by Gasteiger charge is 2.20. The number of benzene rings is 12. The monoisotopic (exact) mass is 772 g/mol. The van der Waals surface area contributed by atoms with E-state index in [1.807, 2.05) is 0 Å². The van der Waals surface area contributed by atoms with Crippen LogP contribution >= 0.6 is 0 Å². The predicted molar refractivity (Wildman–Crippen MR) is 259 cm³/mol. The number of imidazole rings is 1. The van der Waals surface area contributed by atoms with Gasteiger partial charge in [0.15, 0.2) is 0 Å². The quantitative estimate of drug-likeness (QED) is 0.126. The Bertz CT molecular complexity index is 3800. The minimum absolute atomic E-state index is 0.918. The molecule has 0 atom stereocenters. The van der Waals surface area contributed by atoms with E-state index >= 15 is 0 Å². The molecule has 0 unspecified atom stereocenters. The van der Waals surface area contributed by atoms with Crippen LogP contribution in [-0.4, -0.2) is 9.55 Å². The van der Waals surface area contributed by atoms with Gasteiger partial charge in [-0.3, -0.25) is 4.57 Å². The van der Waals surface area contributed by atoms with Gasteiger partial charge < -0.3 is 0 Å². The molecule has 0 aliphatic heterocycles. The van der Waals surface area contributed by atoms with Crippen molar-refractivity contribution < 1.29 is 0 Å². The van der Waals surface area contributed by atoms with Gasteiger partial charge in [-0.25, -0.2) is 4.98 Å². The van der Waals surface area contributed by atoms with Gasteiger partial charge in [0.05, 0.1) is 11.0 Å². The van der Waals surface area contributed by atoms with Crippen LogP contribution in [-0.2, 0) is 0 Å². The van der Waals surface area contributed by atoms with Crippen LogP contribution in [0.3, 0.4) is 0 Å². The molecule has 61 heavy (non-hydrogen) atoms. The Labute approximate surface area is 352 Å². The van der Waals surface area contributed by atoms with Gasteiger partial charge in [-0.05, 0) is 134 Å². The second-order valence-corrected chi connectivity index (χ2v) is 16.3. The fourth-order valence-corrected chi connectivity index (χ4v) is 10.2. The lowest BCUT2D eigenvalue weighted by atomic mass is 9.85. The maximum atomic E-state index is 5.48. The number of hydrogen-bond acceptors (Lipinski definition) is 1. The molecule has 0 aliphatic carbocycles. The summed E-state index contributed by atoms with van der Waals surface area (Å²) in [6.45, 7) is 0. The lowest BCUT2D eigenvalue weighted by molar-refractivity contribution is 1.10. The summed E-state index contributed by atoms with van der Waals surface area (Å²) in [6.07, 6.45) is 0. The lowest BCUT2D eigenvalue weighted by Crippen LogP contribution is -1.97. The minimum Gasteiger partial charge on any atom is -0.292 e. The molecular formula is C59H36N2. The van der Waals surface area contributed by atoms with Crippen LogP contribution in [0, 0.1) is 0 Å². The molecule has 0 bridgehead atoms. The van der Waals surface area contributed by atoms with Gasteiger partial charge in [0.1, 0.15) is 5.82 Å². The molecule has 12 aromatic carbocycles. The molecule has 0 amide bonds. The molecule has 13 rings (SSSR count). The highest BCUT2D eigenvalue weighted by molar-refractivity contribution is 6.26. The maximum absolute atomic E-state index is 5.48. The Morgan fingerprint density at radius 3 is 1.54 bits per heavy atom. The van der Waals surface area contributed by atoms with E-state index < -0.39 is 0 Å². The number of para-hydroxylation sites is 1. The van der Waals surface area contributed by atoms with Crippen molar-refractivity contribution in [3.8, 4) is 50.5 Å². The Morgan fingerprint density at radius 2 is 0.820 bits per heavy atom. The minimum atomic E-state index is 0.918. The molecule has 0 N–H and O–H groups in total. The summed E-state index contributed by atoms with van der Waals surface area (Å²) in [6, 6.07) is 79.9. The molecule has 1 aromatic heterocycles. The molecule has 0 saturated carbocycles. The van der Waals surface area contributed by atoms with Gasteiger partial charge in [0, 0.05) is 11.3 Å². The van der Waals surface area contributed by atoms with E-state index in [4.69, 9.17) is 4.98 Å². The van der Waals surface area contributed by atoms with Crippen molar-refractivity contribution in [2.24, 2.45) is 0 Å². The van der Waals surface area contributed by atoms with E-state index in [9.17, 15) is 0 Å². The third-order valence-electron chi connectivity index (χ3n) is 12.9. The lowest BCUT2D eigenvalue weighted by Gasteiger charge is -2.18. The summed E-state index contributed by atoms with van der Waals surface area (Å²) in [5.74, 6) is 0.918. The van der Waals surface area contributed by atoms with Crippen molar-refractivity contribution >= 4 is 75.7 Å². The standard InChI is InChI=1S/C59H36N2/c1-2-17-46(18-3-1)61-54-33-32-45(57-49-21-8-6-19-47(49)56(48-20-7-9-22-50(48)57)44-31-24-37-12-4-5-13-42(37)34-44)36-53(54)60-59(61)41-29-25-38(26-30-41)52-35-43-16-10-14-39-27-28-40-15-11-23-51(52)58(40)55(39)43/h1-36H. The number of rotatable bonds is 5. The maximum Gasteiger partial charge on any atom is 0.145 e. The summed E-state index contributed by atoms with van der Waals surface area (Å²) < 4.78 is 2.31. The SMILES string of the molecule is c1ccc(-n2c(-c3ccc(-c4cc5cccc6ccc7cccc4c7c65)cc3)nc3cc(-c4c5ccccc5c(-c5ccc6ccccc6c5)c5ccccc45)ccc32)cc1. The van der Waals surface area contributed by atoms with Gasteiger partial charge in [-0.2, -0.15) is 0 Å². The van der Waals surface area contributed by atoms with E-state index in [-0.39, 0.29) is 0 Å². The molecule has 13 aromatic rings. The van der Waals surface area contributed by atoms with Gasteiger partial charge in [0.25, 0.3) is 0 Å². The fourth-order valence-electron chi connectivity index (χ4n) is 10.2. The van der Waals surface area contributed by atoms with E-state index in [1.165, 1.54) is 92.5 Å². The Hall–Kier alpha value is -8.07.